The van der Waals surface area contributed by atoms with E-state index in [0.29, 0.717) is 5.12 Å². The lowest BCUT2D eigenvalue weighted by molar-refractivity contribution is -0.111. The predicted molar refractivity (Wildman–Crippen MR) is 121 cm³/mol. The van der Waals surface area contributed by atoms with Gasteiger partial charge >= 0.3 is 6.00 Å². The first kappa shape index (κ1) is 26.1. The highest BCUT2D eigenvalue weighted by atomic mass is 35.8. The first-order valence-corrected chi connectivity index (χ1v) is 16.4. The number of carbonyl (C=O) groups is 1. The maximum atomic E-state index is 11.4. The van der Waals surface area contributed by atoms with Crippen molar-refractivity contribution < 1.29 is 4.79 Å². The summed E-state index contributed by atoms with van der Waals surface area (Å²) >= 11 is 19.1. The van der Waals surface area contributed by atoms with E-state index in [1.165, 1.54) is 88.8 Å². The Hall–Kier alpha value is 1.11. The standard InChI is InChI=1S/C19H37Cl3OSSi/c1-2-24-19(23)17-15-13-11-9-7-5-3-4-6-8-10-12-14-16-18-25(20,21)22/h2-18H2,1H3. The number of rotatable bonds is 18. The predicted octanol–water partition coefficient (Wildman–Crippen LogP) is 8.77. The summed E-state index contributed by atoms with van der Waals surface area (Å²) in [4.78, 5) is 11.4. The van der Waals surface area contributed by atoms with E-state index in [2.05, 4.69) is 0 Å². The molecule has 0 N–H and O–H groups in total. The number of halogens is 3. The maximum Gasteiger partial charge on any atom is 0.341 e. The summed E-state index contributed by atoms with van der Waals surface area (Å²) in [6.07, 6.45) is 18.8. The number of thioether (sulfide) groups is 1. The van der Waals surface area contributed by atoms with E-state index in [4.69, 9.17) is 33.2 Å². The summed E-state index contributed by atoms with van der Waals surface area (Å²) in [6, 6.07) is -1.56. The SMILES string of the molecule is CCSC(=O)CCCCCCCCCCCCCCCC[Si](Cl)(Cl)Cl. The third-order valence-electron chi connectivity index (χ3n) is 4.40. The van der Waals surface area contributed by atoms with Crippen molar-refractivity contribution in [3.63, 3.8) is 0 Å². The minimum atomic E-state index is -2.37. The molecule has 0 aromatic heterocycles. The summed E-state index contributed by atoms with van der Waals surface area (Å²) in [6.45, 7) is 2.04. The molecule has 150 valence electrons. The molecule has 0 aromatic carbocycles. The second kappa shape index (κ2) is 18.5. The summed E-state index contributed by atoms with van der Waals surface area (Å²) in [5, 5.41) is 0.370. The van der Waals surface area contributed by atoms with E-state index in [9.17, 15) is 4.79 Å². The van der Waals surface area contributed by atoms with Gasteiger partial charge in [-0.25, -0.2) is 0 Å². The second-order valence-corrected chi connectivity index (χ2v) is 17.5. The van der Waals surface area contributed by atoms with Crippen LogP contribution in [-0.4, -0.2) is 16.9 Å². The average molecular weight is 448 g/mol. The van der Waals surface area contributed by atoms with Gasteiger partial charge in [0, 0.05) is 6.42 Å². The smallest absolute Gasteiger partial charge is 0.287 e. The third-order valence-corrected chi connectivity index (χ3v) is 7.83. The Balaban J connectivity index is 3.09. The Morgan fingerprint density at radius 3 is 1.40 bits per heavy atom. The van der Waals surface area contributed by atoms with Crippen LogP contribution < -0.4 is 0 Å². The highest BCUT2D eigenvalue weighted by Gasteiger charge is 2.23. The van der Waals surface area contributed by atoms with Crippen LogP contribution in [0.25, 0.3) is 0 Å². The molecule has 0 bridgehead atoms. The Morgan fingerprint density at radius 1 is 0.680 bits per heavy atom. The van der Waals surface area contributed by atoms with E-state index in [0.717, 1.165) is 31.1 Å². The third kappa shape index (κ3) is 23.1. The number of hydrogen-bond acceptors (Lipinski definition) is 2. The highest BCUT2D eigenvalue weighted by molar-refractivity contribution is 8.13. The molecule has 0 aromatic rings. The molecular formula is C19H37Cl3OSSi. The van der Waals surface area contributed by atoms with Crippen LogP contribution in [0.5, 0.6) is 0 Å². The molecule has 0 spiro atoms. The fourth-order valence-corrected chi connectivity index (χ4v) is 5.41. The summed E-state index contributed by atoms with van der Waals surface area (Å²) in [5.41, 5.74) is 0. The minimum absolute atomic E-state index is 0.370. The van der Waals surface area contributed by atoms with Crippen LogP contribution in [0.2, 0.25) is 6.04 Å². The fourth-order valence-electron chi connectivity index (χ4n) is 2.95. The maximum absolute atomic E-state index is 11.4. The molecule has 0 rings (SSSR count). The van der Waals surface area contributed by atoms with Crippen molar-refractivity contribution in [3.05, 3.63) is 0 Å². The topological polar surface area (TPSA) is 17.1 Å². The van der Waals surface area contributed by atoms with Crippen molar-refractivity contribution in [1.29, 1.82) is 0 Å². The zero-order valence-electron chi connectivity index (χ0n) is 16.0. The lowest BCUT2D eigenvalue weighted by Gasteiger charge is -2.07. The summed E-state index contributed by atoms with van der Waals surface area (Å²) < 4.78 is 0. The van der Waals surface area contributed by atoms with E-state index in [-0.39, 0.29) is 0 Å². The van der Waals surface area contributed by atoms with Gasteiger partial charge in [0.05, 0.1) is 0 Å². The number of carbonyl (C=O) groups excluding carboxylic acids is 1. The molecule has 0 heterocycles. The van der Waals surface area contributed by atoms with E-state index >= 15 is 0 Å². The van der Waals surface area contributed by atoms with Crippen LogP contribution in [0.3, 0.4) is 0 Å². The van der Waals surface area contributed by atoms with Gasteiger partial charge in [0.25, 0.3) is 0 Å². The quantitative estimate of drug-likeness (QED) is 0.119. The van der Waals surface area contributed by atoms with Crippen molar-refractivity contribution in [3.8, 4) is 0 Å². The van der Waals surface area contributed by atoms with E-state index in [1.54, 1.807) is 0 Å². The Bertz CT molecular complexity index is 312. The minimum Gasteiger partial charge on any atom is -0.287 e. The molecule has 25 heavy (non-hydrogen) atoms. The monoisotopic (exact) mass is 446 g/mol. The molecular weight excluding hydrogens is 411 g/mol. The van der Waals surface area contributed by atoms with Gasteiger partial charge in [0.15, 0.2) is 5.12 Å². The van der Waals surface area contributed by atoms with Gasteiger partial charge in [0.1, 0.15) is 0 Å². The van der Waals surface area contributed by atoms with Crippen LogP contribution in [0.4, 0.5) is 0 Å². The Morgan fingerprint density at radius 2 is 1.04 bits per heavy atom. The number of hydrogen-bond donors (Lipinski definition) is 0. The Labute approximate surface area is 175 Å². The molecule has 1 nitrogen and oxygen atoms in total. The van der Waals surface area contributed by atoms with Gasteiger partial charge in [0.2, 0.25) is 0 Å². The van der Waals surface area contributed by atoms with Gasteiger partial charge in [-0.2, -0.15) is 0 Å². The van der Waals surface area contributed by atoms with Crippen LogP contribution in [0.1, 0.15) is 103 Å². The van der Waals surface area contributed by atoms with Crippen molar-refractivity contribution in [2.45, 2.75) is 109 Å². The van der Waals surface area contributed by atoms with Crippen LogP contribution >= 0.6 is 45.0 Å². The van der Waals surface area contributed by atoms with Crippen LogP contribution in [0, 0.1) is 0 Å². The lowest BCUT2D eigenvalue weighted by atomic mass is 10.0. The van der Waals surface area contributed by atoms with Gasteiger partial charge < -0.3 is 0 Å². The lowest BCUT2D eigenvalue weighted by Crippen LogP contribution is -2.07. The largest absolute Gasteiger partial charge is 0.341 e. The second-order valence-electron chi connectivity index (χ2n) is 6.87. The first-order valence-electron chi connectivity index (χ1n) is 10.2. The zero-order valence-corrected chi connectivity index (χ0v) is 20.1. The molecule has 0 atom stereocenters. The summed E-state index contributed by atoms with van der Waals surface area (Å²) in [7, 11) is 0. The van der Waals surface area contributed by atoms with Gasteiger partial charge in [-0.05, 0) is 18.2 Å². The molecule has 0 aliphatic carbocycles. The van der Waals surface area contributed by atoms with Crippen molar-refractivity contribution in [2.24, 2.45) is 0 Å². The molecule has 0 unspecified atom stereocenters. The van der Waals surface area contributed by atoms with Crippen molar-refractivity contribution >= 4 is 56.1 Å². The molecule has 0 aliphatic rings. The molecule has 0 fully saturated rings. The molecule has 0 saturated heterocycles. The van der Waals surface area contributed by atoms with Gasteiger partial charge in [-0.3, -0.25) is 4.79 Å². The van der Waals surface area contributed by atoms with E-state index < -0.39 is 6.00 Å². The molecule has 0 saturated carbocycles. The van der Waals surface area contributed by atoms with Crippen LogP contribution in [-0.2, 0) is 4.79 Å². The summed E-state index contributed by atoms with van der Waals surface area (Å²) in [5.74, 6) is 0.914. The highest BCUT2D eigenvalue weighted by Crippen LogP contribution is 2.27. The average Bonchev–Trinajstić information content (AvgIpc) is 2.53. The molecule has 6 heteroatoms. The van der Waals surface area contributed by atoms with Crippen molar-refractivity contribution in [2.75, 3.05) is 5.75 Å². The van der Waals surface area contributed by atoms with Gasteiger partial charge in [-0.1, -0.05) is 102 Å². The van der Waals surface area contributed by atoms with Crippen molar-refractivity contribution in [1.82, 2.24) is 0 Å². The molecule has 0 amide bonds. The number of unbranched alkanes of at least 4 members (excludes halogenated alkanes) is 13. The zero-order chi connectivity index (χ0) is 18.8. The fraction of sp³-hybridized carbons (Fsp3) is 0.947. The normalized spacial score (nSPS) is 11.8. The molecule has 0 aliphatic heterocycles. The van der Waals surface area contributed by atoms with Gasteiger partial charge in [-0.15, -0.1) is 33.2 Å². The first-order chi connectivity index (χ1) is 12.0. The molecule has 0 radical (unpaired) electrons. The Kier molecular flexibility index (Phi) is 19.3. The van der Waals surface area contributed by atoms with E-state index in [1.807, 2.05) is 6.92 Å². The van der Waals surface area contributed by atoms with Crippen LogP contribution in [0.15, 0.2) is 0 Å².